The largest absolute Gasteiger partial charge is 0.345 e. The van der Waals surface area contributed by atoms with Crippen molar-refractivity contribution in [3.8, 4) is 0 Å². The van der Waals surface area contributed by atoms with Crippen molar-refractivity contribution >= 4 is 23.3 Å². The van der Waals surface area contributed by atoms with E-state index in [2.05, 4.69) is 15.0 Å². The molecule has 0 unspecified atom stereocenters. The molecule has 17 heavy (non-hydrogen) atoms. The highest BCUT2D eigenvalue weighted by molar-refractivity contribution is 6.42. The third-order valence-electron chi connectivity index (χ3n) is 2.61. The second-order valence-corrected chi connectivity index (χ2v) is 3.66. The van der Waals surface area contributed by atoms with Gasteiger partial charge in [0.05, 0.1) is 5.57 Å². The highest BCUT2D eigenvalue weighted by atomic mass is 16.1. The number of H-pyrrole nitrogens is 1. The maximum Gasteiger partial charge on any atom is 0.278 e. The Morgan fingerprint density at radius 1 is 1.12 bits per heavy atom. The number of amides is 1. The number of carbonyl (C=O) groups excluding carboxylic acids is 1. The number of nitrogens with one attached hydrogen (secondary N) is 1. The van der Waals surface area contributed by atoms with E-state index in [1.807, 2.05) is 30.3 Å². The Morgan fingerprint density at radius 2 is 1.94 bits per heavy atom. The first-order chi connectivity index (χ1) is 8.36. The van der Waals surface area contributed by atoms with E-state index in [4.69, 9.17) is 0 Å². The zero-order valence-corrected chi connectivity index (χ0v) is 8.92. The van der Waals surface area contributed by atoms with Crippen LogP contribution < -0.4 is 0 Å². The first kappa shape index (κ1) is 9.72. The number of nitrogens with zero attached hydrogens (tertiary/aromatic N) is 2. The van der Waals surface area contributed by atoms with Crippen molar-refractivity contribution in [1.82, 2.24) is 9.97 Å². The van der Waals surface area contributed by atoms with Gasteiger partial charge in [0.1, 0.15) is 5.82 Å². The minimum Gasteiger partial charge on any atom is -0.345 e. The first-order valence-electron chi connectivity index (χ1n) is 5.24. The van der Waals surface area contributed by atoms with E-state index < -0.39 is 0 Å². The second-order valence-electron chi connectivity index (χ2n) is 3.66. The summed E-state index contributed by atoms with van der Waals surface area (Å²) in [6.07, 6.45) is 4.94. The quantitative estimate of drug-likeness (QED) is 0.845. The Morgan fingerprint density at radius 3 is 2.65 bits per heavy atom. The van der Waals surface area contributed by atoms with E-state index in [9.17, 15) is 4.79 Å². The molecule has 0 radical (unpaired) electrons. The van der Waals surface area contributed by atoms with Crippen LogP contribution in [0.15, 0.2) is 47.7 Å². The molecule has 1 amide bonds. The van der Waals surface area contributed by atoms with E-state index in [0.717, 1.165) is 11.1 Å². The summed E-state index contributed by atoms with van der Waals surface area (Å²) in [5, 5.41) is 0. The average Bonchev–Trinajstić information content (AvgIpc) is 2.98. The van der Waals surface area contributed by atoms with E-state index in [1.54, 1.807) is 18.6 Å². The third kappa shape index (κ3) is 1.59. The molecule has 4 heteroatoms. The minimum absolute atomic E-state index is 0.220. The van der Waals surface area contributed by atoms with Gasteiger partial charge in [0.15, 0.2) is 0 Å². The van der Waals surface area contributed by atoms with Crippen LogP contribution in [0, 0.1) is 0 Å². The van der Waals surface area contributed by atoms with Crippen LogP contribution in [0.4, 0.5) is 0 Å². The van der Waals surface area contributed by atoms with Gasteiger partial charge in [-0.15, -0.1) is 0 Å². The number of carbonyl (C=O) groups is 1. The normalized spacial score (nSPS) is 14.7. The number of allylic oxidation sites excluding steroid dienone is 1. The molecule has 1 aromatic carbocycles. The number of aliphatic imine (C=N–C) groups is 1. The molecule has 0 saturated heterocycles. The molecule has 2 aromatic rings. The van der Waals surface area contributed by atoms with Crippen molar-refractivity contribution in [3.05, 3.63) is 54.1 Å². The predicted octanol–water partition coefficient (Wildman–Crippen LogP) is 1.93. The molecule has 1 N–H and O–H groups in total. The van der Waals surface area contributed by atoms with Crippen LogP contribution >= 0.6 is 0 Å². The van der Waals surface area contributed by atoms with Crippen molar-refractivity contribution in [1.29, 1.82) is 0 Å². The molecule has 0 saturated carbocycles. The molecule has 0 atom stereocenters. The summed E-state index contributed by atoms with van der Waals surface area (Å²) in [5.74, 6) is 0.445. The van der Waals surface area contributed by atoms with Gasteiger partial charge in [0.2, 0.25) is 0 Å². The summed E-state index contributed by atoms with van der Waals surface area (Å²) in [4.78, 5) is 22.8. The second kappa shape index (κ2) is 3.83. The van der Waals surface area contributed by atoms with Gasteiger partial charge in [-0.25, -0.2) is 9.98 Å². The number of aromatic nitrogens is 2. The van der Waals surface area contributed by atoms with Gasteiger partial charge < -0.3 is 4.98 Å². The summed E-state index contributed by atoms with van der Waals surface area (Å²) < 4.78 is 0. The molecule has 82 valence electrons. The molecule has 3 rings (SSSR count). The molecule has 0 bridgehead atoms. The lowest BCUT2D eigenvalue weighted by molar-refractivity contribution is -0.112. The molecule has 0 fully saturated rings. The van der Waals surface area contributed by atoms with Gasteiger partial charge in [-0.1, -0.05) is 30.3 Å². The number of aromatic amines is 1. The van der Waals surface area contributed by atoms with Gasteiger partial charge in [0.25, 0.3) is 5.91 Å². The fourth-order valence-electron chi connectivity index (χ4n) is 1.84. The maximum absolute atomic E-state index is 11.8. The maximum atomic E-state index is 11.8. The topological polar surface area (TPSA) is 58.1 Å². The van der Waals surface area contributed by atoms with E-state index in [0.29, 0.717) is 11.4 Å². The monoisotopic (exact) mass is 223 g/mol. The fraction of sp³-hybridized carbons (Fsp3) is 0. The number of benzene rings is 1. The van der Waals surface area contributed by atoms with Crippen LogP contribution in [0.25, 0.3) is 11.1 Å². The van der Waals surface area contributed by atoms with Crippen molar-refractivity contribution in [2.24, 2.45) is 4.99 Å². The van der Waals surface area contributed by atoms with E-state index in [-0.39, 0.29) is 5.91 Å². The summed E-state index contributed by atoms with van der Waals surface area (Å²) in [5.41, 5.74) is 2.20. The number of hydrogen-bond acceptors (Lipinski definition) is 2. The van der Waals surface area contributed by atoms with E-state index >= 15 is 0 Å². The van der Waals surface area contributed by atoms with Crippen molar-refractivity contribution < 1.29 is 4.79 Å². The van der Waals surface area contributed by atoms with Gasteiger partial charge in [0, 0.05) is 24.2 Å². The van der Waals surface area contributed by atoms with Crippen LogP contribution in [-0.4, -0.2) is 22.1 Å². The SMILES string of the molecule is O=C1N=CC(c2ncc[nH]2)=C1c1ccccc1. The molecule has 0 aliphatic carbocycles. The number of rotatable bonds is 2. The lowest BCUT2D eigenvalue weighted by Crippen LogP contribution is -1.97. The van der Waals surface area contributed by atoms with Crippen molar-refractivity contribution in [2.75, 3.05) is 0 Å². The summed E-state index contributed by atoms with van der Waals surface area (Å²) >= 11 is 0. The third-order valence-corrected chi connectivity index (χ3v) is 2.61. The van der Waals surface area contributed by atoms with E-state index in [1.165, 1.54) is 0 Å². The highest BCUT2D eigenvalue weighted by Crippen LogP contribution is 2.28. The summed E-state index contributed by atoms with van der Waals surface area (Å²) in [6.45, 7) is 0. The van der Waals surface area contributed by atoms with Crippen LogP contribution in [0.2, 0.25) is 0 Å². The lowest BCUT2D eigenvalue weighted by Gasteiger charge is -2.02. The van der Waals surface area contributed by atoms with Crippen LogP contribution in [0.3, 0.4) is 0 Å². The fourth-order valence-corrected chi connectivity index (χ4v) is 1.84. The first-order valence-corrected chi connectivity index (χ1v) is 5.24. The van der Waals surface area contributed by atoms with Crippen molar-refractivity contribution in [3.63, 3.8) is 0 Å². The summed E-state index contributed by atoms with van der Waals surface area (Å²) in [7, 11) is 0. The Labute approximate surface area is 97.7 Å². The minimum atomic E-state index is -0.220. The van der Waals surface area contributed by atoms with Crippen molar-refractivity contribution in [2.45, 2.75) is 0 Å². The zero-order chi connectivity index (χ0) is 11.7. The molecule has 0 spiro atoms. The van der Waals surface area contributed by atoms with Crippen LogP contribution in [0.1, 0.15) is 11.4 Å². The molecule has 2 heterocycles. The molecule has 1 aliphatic heterocycles. The van der Waals surface area contributed by atoms with Gasteiger partial charge >= 0.3 is 0 Å². The Bertz CT molecular complexity index is 609. The smallest absolute Gasteiger partial charge is 0.278 e. The highest BCUT2D eigenvalue weighted by Gasteiger charge is 2.23. The zero-order valence-electron chi connectivity index (χ0n) is 8.92. The number of imidazole rings is 1. The Kier molecular flexibility index (Phi) is 2.19. The molecule has 1 aliphatic rings. The van der Waals surface area contributed by atoms with Gasteiger partial charge in [-0.2, -0.15) is 0 Å². The Balaban J connectivity index is 2.18. The van der Waals surface area contributed by atoms with Crippen LogP contribution in [-0.2, 0) is 4.79 Å². The lowest BCUT2D eigenvalue weighted by atomic mass is 10.0. The van der Waals surface area contributed by atoms with Crippen LogP contribution in [0.5, 0.6) is 0 Å². The molecular formula is C13H9N3O. The predicted molar refractivity (Wildman–Crippen MR) is 65.3 cm³/mol. The van der Waals surface area contributed by atoms with Gasteiger partial charge in [-0.3, -0.25) is 4.79 Å². The summed E-state index contributed by atoms with van der Waals surface area (Å²) in [6, 6.07) is 9.49. The molecule has 1 aromatic heterocycles. The molecular weight excluding hydrogens is 214 g/mol. The molecule has 4 nitrogen and oxygen atoms in total. The standard InChI is InChI=1S/C13H9N3O/c17-13-11(9-4-2-1-3-5-9)10(8-16-13)12-14-6-7-15-12/h1-8H,(H,14,15). The van der Waals surface area contributed by atoms with Gasteiger partial charge in [-0.05, 0) is 5.56 Å². The Hall–Kier alpha value is -2.49. The number of hydrogen-bond donors (Lipinski definition) is 1. The average molecular weight is 223 g/mol.